The van der Waals surface area contributed by atoms with Crippen molar-refractivity contribution in [3.63, 3.8) is 0 Å². The fraction of sp³-hybridized carbons (Fsp3) is 0.250. The first kappa shape index (κ1) is 12.5. The van der Waals surface area contributed by atoms with Gasteiger partial charge in [-0.3, -0.25) is 9.69 Å². The molecule has 2 rings (SSSR count). The van der Waals surface area contributed by atoms with Gasteiger partial charge in [0, 0.05) is 7.05 Å². The Morgan fingerprint density at radius 1 is 1.26 bits per heavy atom. The zero-order valence-electron chi connectivity index (χ0n) is 9.56. The van der Waals surface area contributed by atoms with Crippen LogP contribution in [0.5, 0.6) is 0 Å². The molecule has 0 aromatic carbocycles. The summed E-state index contributed by atoms with van der Waals surface area (Å²) < 4.78 is 4.41. The van der Waals surface area contributed by atoms with Crippen LogP contribution in [0.15, 0.2) is 4.63 Å². The van der Waals surface area contributed by atoms with Crippen LogP contribution in [0.4, 0.5) is 16.4 Å². The SMILES string of the molecule is CN(C(=O)O)c1nc2nonc2nc1NCC(=O)O. The quantitative estimate of drug-likeness (QED) is 0.668. The first-order valence-corrected chi connectivity index (χ1v) is 4.91. The van der Waals surface area contributed by atoms with E-state index in [0.717, 1.165) is 4.90 Å². The predicted octanol–water partition coefficient (Wildman–Crippen LogP) is -0.377. The average molecular weight is 268 g/mol. The minimum Gasteiger partial charge on any atom is -0.480 e. The van der Waals surface area contributed by atoms with Crippen LogP contribution in [0.25, 0.3) is 11.3 Å². The maximum absolute atomic E-state index is 10.9. The van der Waals surface area contributed by atoms with Gasteiger partial charge >= 0.3 is 12.1 Å². The van der Waals surface area contributed by atoms with Crippen molar-refractivity contribution in [2.75, 3.05) is 23.8 Å². The summed E-state index contributed by atoms with van der Waals surface area (Å²) in [6, 6.07) is 0. The maximum atomic E-state index is 10.9. The van der Waals surface area contributed by atoms with E-state index < -0.39 is 18.6 Å². The van der Waals surface area contributed by atoms with Crippen molar-refractivity contribution in [1.29, 1.82) is 0 Å². The van der Waals surface area contributed by atoms with Gasteiger partial charge in [-0.15, -0.1) is 0 Å². The summed E-state index contributed by atoms with van der Waals surface area (Å²) in [6.45, 7) is -0.452. The monoisotopic (exact) mass is 268 g/mol. The summed E-state index contributed by atoms with van der Waals surface area (Å²) in [5.41, 5.74) is 0.0550. The van der Waals surface area contributed by atoms with Gasteiger partial charge in [-0.2, -0.15) is 0 Å². The first-order valence-electron chi connectivity index (χ1n) is 4.91. The highest BCUT2D eigenvalue weighted by atomic mass is 16.6. The molecule has 0 unspecified atom stereocenters. The molecule has 0 fully saturated rings. The molecule has 0 aliphatic heterocycles. The Morgan fingerprint density at radius 2 is 1.89 bits per heavy atom. The third-order valence-corrected chi connectivity index (χ3v) is 2.11. The number of amides is 1. The molecule has 100 valence electrons. The number of fused-ring (bicyclic) bond motifs is 1. The summed E-state index contributed by atoms with van der Waals surface area (Å²) in [7, 11) is 1.23. The van der Waals surface area contributed by atoms with Gasteiger partial charge in [-0.25, -0.2) is 19.4 Å². The number of nitrogens with zero attached hydrogens (tertiary/aromatic N) is 5. The number of rotatable bonds is 4. The first-order chi connectivity index (χ1) is 8.99. The van der Waals surface area contributed by atoms with Gasteiger partial charge in [0.15, 0.2) is 11.6 Å². The number of aromatic nitrogens is 4. The standard InChI is InChI=1S/C8H8N6O5/c1-14(8(17)18)7-6(9-2-3(15)16)10-4-5(11-7)13-19-12-4/h2H2,1H3,(H,15,16)(H,17,18)(H,9,10,12). The fourth-order valence-electron chi connectivity index (χ4n) is 1.23. The molecule has 2 aromatic rings. The molecule has 2 aromatic heterocycles. The summed E-state index contributed by atoms with van der Waals surface area (Å²) >= 11 is 0. The highest BCUT2D eigenvalue weighted by Gasteiger charge is 2.20. The minimum atomic E-state index is -1.29. The van der Waals surface area contributed by atoms with E-state index in [0.29, 0.717) is 0 Å². The Kier molecular flexibility index (Phi) is 3.10. The van der Waals surface area contributed by atoms with E-state index in [2.05, 4.69) is 30.2 Å². The van der Waals surface area contributed by atoms with Gasteiger partial charge in [0.2, 0.25) is 11.3 Å². The number of nitrogens with one attached hydrogen (secondary N) is 1. The van der Waals surface area contributed by atoms with Gasteiger partial charge in [0.05, 0.1) is 0 Å². The minimum absolute atomic E-state index is 0.0176. The molecule has 0 aliphatic rings. The normalized spacial score (nSPS) is 10.4. The smallest absolute Gasteiger partial charge is 0.412 e. The van der Waals surface area contributed by atoms with Crippen LogP contribution in [0.2, 0.25) is 0 Å². The number of hydrogen-bond donors (Lipinski definition) is 3. The van der Waals surface area contributed by atoms with Crippen LogP contribution in [-0.2, 0) is 4.79 Å². The average Bonchev–Trinajstić information content (AvgIpc) is 2.80. The van der Waals surface area contributed by atoms with Gasteiger partial charge in [0.25, 0.3) is 0 Å². The molecule has 0 saturated carbocycles. The van der Waals surface area contributed by atoms with Crippen LogP contribution in [0, 0.1) is 0 Å². The molecule has 3 N–H and O–H groups in total. The number of aliphatic carboxylic acids is 1. The van der Waals surface area contributed by atoms with Gasteiger partial charge in [-0.05, 0) is 10.3 Å². The van der Waals surface area contributed by atoms with E-state index in [1.165, 1.54) is 7.05 Å². The third kappa shape index (κ3) is 2.48. The molecular weight excluding hydrogens is 260 g/mol. The van der Waals surface area contributed by atoms with Crippen molar-refractivity contribution in [1.82, 2.24) is 20.3 Å². The zero-order chi connectivity index (χ0) is 14.0. The van der Waals surface area contributed by atoms with E-state index in [9.17, 15) is 9.59 Å². The molecule has 0 aliphatic carbocycles. The van der Waals surface area contributed by atoms with Crippen LogP contribution in [0.3, 0.4) is 0 Å². The summed E-state index contributed by atoms with van der Waals surface area (Å²) in [5, 5.41) is 26.8. The number of carbonyl (C=O) groups is 2. The van der Waals surface area contributed by atoms with Crippen LogP contribution >= 0.6 is 0 Å². The molecule has 2 heterocycles. The summed E-state index contributed by atoms with van der Waals surface area (Å²) in [6.07, 6.45) is -1.29. The second-order valence-electron chi connectivity index (χ2n) is 3.40. The van der Waals surface area contributed by atoms with Crippen molar-refractivity contribution in [3.8, 4) is 0 Å². The van der Waals surface area contributed by atoms with Gasteiger partial charge in [0.1, 0.15) is 6.54 Å². The fourth-order valence-corrected chi connectivity index (χ4v) is 1.23. The Bertz CT molecular complexity index is 640. The molecule has 0 radical (unpaired) electrons. The van der Waals surface area contributed by atoms with E-state index in [1.807, 2.05) is 0 Å². The van der Waals surface area contributed by atoms with Crippen molar-refractivity contribution in [2.45, 2.75) is 0 Å². The van der Waals surface area contributed by atoms with Crippen molar-refractivity contribution in [2.24, 2.45) is 0 Å². The largest absolute Gasteiger partial charge is 0.480 e. The van der Waals surface area contributed by atoms with Gasteiger partial charge in [-0.1, -0.05) is 0 Å². The second-order valence-corrected chi connectivity index (χ2v) is 3.40. The number of anilines is 2. The lowest BCUT2D eigenvalue weighted by Gasteiger charge is -2.15. The van der Waals surface area contributed by atoms with E-state index in [4.69, 9.17) is 10.2 Å². The van der Waals surface area contributed by atoms with E-state index in [1.54, 1.807) is 0 Å². The molecule has 0 saturated heterocycles. The predicted molar refractivity (Wildman–Crippen MR) is 59.9 cm³/mol. The molecule has 1 amide bonds. The molecule has 0 atom stereocenters. The topological polar surface area (TPSA) is 155 Å². The van der Waals surface area contributed by atoms with Crippen LogP contribution < -0.4 is 10.2 Å². The van der Waals surface area contributed by atoms with Crippen molar-refractivity contribution in [3.05, 3.63) is 0 Å². The molecule has 19 heavy (non-hydrogen) atoms. The van der Waals surface area contributed by atoms with Crippen molar-refractivity contribution < 1.29 is 24.4 Å². The Labute approximate surface area is 104 Å². The number of carboxylic acids is 1. The number of carboxylic acid groups (broad SMARTS) is 2. The summed E-state index contributed by atoms with van der Waals surface area (Å²) in [5.74, 6) is -1.28. The molecule has 0 bridgehead atoms. The van der Waals surface area contributed by atoms with Crippen molar-refractivity contribution >= 4 is 35.0 Å². The molecule has 11 nitrogen and oxygen atoms in total. The van der Waals surface area contributed by atoms with Crippen LogP contribution in [0.1, 0.15) is 0 Å². The third-order valence-electron chi connectivity index (χ3n) is 2.11. The van der Waals surface area contributed by atoms with Crippen LogP contribution in [-0.4, -0.2) is 56.1 Å². The lowest BCUT2D eigenvalue weighted by Crippen LogP contribution is -2.27. The highest BCUT2D eigenvalue weighted by molar-refractivity contribution is 5.90. The lowest BCUT2D eigenvalue weighted by molar-refractivity contribution is -0.134. The Hall–Kier alpha value is -2.98. The molecule has 11 heteroatoms. The summed E-state index contributed by atoms with van der Waals surface area (Å²) in [4.78, 5) is 30.0. The van der Waals surface area contributed by atoms with E-state index >= 15 is 0 Å². The maximum Gasteiger partial charge on any atom is 0.412 e. The second kappa shape index (κ2) is 4.72. The number of hydrogen-bond acceptors (Lipinski definition) is 8. The highest BCUT2D eigenvalue weighted by Crippen LogP contribution is 2.22. The van der Waals surface area contributed by atoms with E-state index in [-0.39, 0.29) is 22.9 Å². The molecule has 0 spiro atoms. The van der Waals surface area contributed by atoms with Gasteiger partial charge < -0.3 is 15.5 Å². The lowest BCUT2D eigenvalue weighted by atomic mass is 10.5. The zero-order valence-corrected chi connectivity index (χ0v) is 9.56. The Balaban J connectivity index is 2.46. The molecular formula is C8H8N6O5. The Morgan fingerprint density at radius 3 is 2.47 bits per heavy atom.